The quantitative estimate of drug-likeness (QED) is 0.664. The normalized spacial score (nSPS) is 11.4. The van der Waals surface area contributed by atoms with Crippen molar-refractivity contribution in [3.8, 4) is 5.69 Å². The van der Waals surface area contributed by atoms with E-state index in [0.717, 1.165) is 21.4 Å². The molecule has 0 bridgehead atoms. The first-order valence-corrected chi connectivity index (χ1v) is 7.64. The van der Waals surface area contributed by atoms with E-state index in [1.54, 1.807) is 0 Å². The second-order valence-electron chi connectivity index (χ2n) is 4.99. The molecule has 102 valence electrons. The molecule has 1 N–H and O–H groups in total. The highest BCUT2D eigenvalue weighted by Gasteiger charge is 2.14. The summed E-state index contributed by atoms with van der Waals surface area (Å²) in [5, 5.41) is 9.58. The number of rotatable bonds is 2. The summed E-state index contributed by atoms with van der Waals surface area (Å²) < 4.78 is 3.73. The molecule has 0 radical (unpaired) electrons. The topological polar surface area (TPSA) is 33.6 Å². The van der Waals surface area contributed by atoms with Gasteiger partial charge in [0.2, 0.25) is 0 Å². The van der Waals surface area contributed by atoms with Crippen LogP contribution in [0.1, 0.15) is 25.6 Å². The Morgan fingerprint density at radius 3 is 2.55 bits per heavy atom. The lowest BCUT2D eigenvalue weighted by molar-refractivity contribution is 0.746. The van der Waals surface area contributed by atoms with Crippen molar-refractivity contribution < 1.29 is 0 Å². The predicted molar refractivity (Wildman–Crippen MR) is 88.0 cm³/mol. The summed E-state index contributed by atoms with van der Waals surface area (Å²) in [5.74, 6) is 1.24. The third-order valence-corrected chi connectivity index (χ3v) is 4.27. The van der Waals surface area contributed by atoms with Gasteiger partial charge in [-0.05, 0) is 29.7 Å². The molecule has 0 spiro atoms. The minimum absolute atomic E-state index is 0.297. The molecule has 0 atom stereocenters. The first-order chi connectivity index (χ1) is 9.59. The fourth-order valence-electron chi connectivity index (χ4n) is 2.37. The summed E-state index contributed by atoms with van der Waals surface area (Å²) in [5.41, 5.74) is 1.06. The Morgan fingerprint density at radius 1 is 1.15 bits per heavy atom. The molecule has 0 aliphatic heterocycles. The molecule has 2 aromatic carbocycles. The lowest BCUT2D eigenvalue weighted by Crippen LogP contribution is -2.04. The fraction of sp³-hybridized carbons (Fsp3) is 0.200. The van der Waals surface area contributed by atoms with E-state index in [9.17, 15) is 0 Å². The minimum Gasteiger partial charge on any atom is -0.271 e. The fourth-order valence-corrected chi connectivity index (χ4v) is 3.09. The van der Waals surface area contributed by atoms with Gasteiger partial charge in [0.05, 0.1) is 5.69 Å². The highest BCUT2D eigenvalue weighted by molar-refractivity contribution is 9.10. The maximum atomic E-state index is 5.40. The number of hydrogen-bond acceptors (Lipinski definition) is 2. The van der Waals surface area contributed by atoms with Crippen LogP contribution in [0.5, 0.6) is 0 Å². The SMILES string of the molecule is CC(C)c1n[nH]c(=S)n1-c1ccc(Br)c2ccccc12. The van der Waals surface area contributed by atoms with Crippen LogP contribution < -0.4 is 0 Å². The van der Waals surface area contributed by atoms with E-state index in [0.29, 0.717) is 10.7 Å². The van der Waals surface area contributed by atoms with Crippen molar-refractivity contribution in [1.82, 2.24) is 14.8 Å². The summed E-state index contributed by atoms with van der Waals surface area (Å²) in [4.78, 5) is 0. The van der Waals surface area contributed by atoms with E-state index in [4.69, 9.17) is 12.2 Å². The third kappa shape index (κ3) is 2.11. The molecule has 0 aliphatic carbocycles. The molecule has 0 aliphatic rings. The number of nitrogens with zero attached hydrogens (tertiary/aromatic N) is 2. The van der Waals surface area contributed by atoms with Crippen molar-refractivity contribution in [3.05, 3.63) is 51.5 Å². The predicted octanol–water partition coefficient (Wildman–Crippen LogP) is 4.97. The Kier molecular flexibility index (Phi) is 3.48. The molecule has 1 aromatic heterocycles. The van der Waals surface area contributed by atoms with Crippen LogP contribution in [0.2, 0.25) is 0 Å². The maximum absolute atomic E-state index is 5.40. The van der Waals surface area contributed by atoms with Crippen LogP contribution in [0.3, 0.4) is 0 Å². The van der Waals surface area contributed by atoms with E-state index in [1.807, 2.05) is 16.7 Å². The Balaban J connectivity index is 2.39. The summed E-state index contributed by atoms with van der Waals surface area (Å²) in [6.07, 6.45) is 0. The maximum Gasteiger partial charge on any atom is 0.199 e. The summed E-state index contributed by atoms with van der Waals surface area (Å²) in [7, 11) is 0. The zero-order chi connectivity index (χ0) is 14.3. The smallest absolute Gasteiger partial charge is 0.199 e. The standard InChI is InChI=1S/C15H14BrN3S/c1-9(2)14-17-18-15(20)19(14)13-8-7-12(16)10-5-3-4-6-11(10)13/h3-9H,1-2H3,(H,18,20). The molecule has 3 aromatic rings. The molecular weight excluding hydrogens is 334 g/mol. The van der Waals surface area contributed by atoms with Crippen molar-refractivity contribution in [2.45, 2.75) is 19.8 Å². The second kappa shape index (κ2) is 5.14. The van der Waals surface area contributed by atoms with Gasteiger partial charge in [-0.1, -0.05) is 54.0 Å². The van der Waals surface area contributed by atoms with Gasteiger partial charge < -0.3 is 0 Å². The molecular formula is C15H14BrN3S. The van der Waals surface area contributed by atoms with Crippen molar-refractivity contribution >= 4 is 38.9 Å². The van der Waals surface area contributed by atoms with Crippen LogP contribution >= 0.6 is 28.1 Å². The average Bonchev–Trinajstić information content (AvgIpc) is 2.82. The van der Waals surface area contributed by atoms with E-state index in [-0.39, 0.29) is 0 Å². The number of aromatic nitrogens is 3. The molecule has 3 nitrogen and oxygen atoms in total. The molecule has 0 amide bonds. The molecule has 1 heterocycles. The molecule has 3 rings (SSSR count). The van der Waals surface area contributed by atoms with Crippen LogP contribution in [0.4, 0.5) is 0 Å². The summed E-state index contributed by atoms with van der Waals surface area (Å²) in [6.45, 7) is 4.23. The highest BCUT2D eigenvalue weighted by Crippen LogP contribution is 2.30. The second-order valence-corrected chi connectivity index (χ2v) is 6.23. The van der Waals surface area contributed by atoms with E-state index in [2.05, 4.69) is 64.2 Å². The summed E-state index contributed by atoms with van der Waals surface area (Å²) in [6, 6.07) is 12.4. The molecule has 0 saturated heterocycles. The zero-order valence-corrected chi connectivity index (χ0v) is 13.6. The third-order valence-electron chi connectivity index (χ3n) is 3.30. The van der Waals surface area contributed by atoms with Crippen LogP contribution in [0, 0.1) is 4.77 Å². The van der Waals surface area contributed by atoms with Gasteiger partial charge in [-0.25, -0.2) is 0 Å². The highest BCUT2D eigenvalue weighted by atomic mass is 79.9. The van der Waals surface area contributed by atoms with Gasteiger partial charge in [0, 0.05) is 15.8 Å². The molecule has 0 fully saturated rings. The van der Waals surface area contributed by atoms with Gasteiger partial charge in [0.25, 0.3) is 0 Å². The Labute approximate surface area is 130 Å². The molecule has 20 heavy (non-hydrogen) atoms. The summed E-state index contributed by atoms with van der Waals surface area (Å²) >= 11 is 9.00. The van der Waals surface area contributed by atoms with Crippen LogP contribution in [-0.4, -0.2) is 14.8 Å². The van der Waals surface area contributed by atoms with Crippen LogP contribution in [-0.2, 0) is 0 Å². The number of nitrogens with one attached hydrogen (secondary N) is 1. The van der Waals surface area contributed by atoms with Gasteiger partial charge in [0.1, 0.15) is 5.82 Å². The van der Waals surface area contributed by atoms with E-state index < -0.39 is 0 Å². The number of halogens is 1. The monoisotopic (exact) mass is 347 g/mol. The lowest BCUT2D eigenvalue weighted by atomic mass is 10.1. The minimum atomic E-state index is 0.297. The van der Waals surface area contributed by atoms with Crippen LogP contribution in [0.15, 0.2) is 40.9 Å². The lowest BCUT2D eigenvalue weighted by Gasteiger charge is -2.12. The van der Waals surface area contributed by atoms with E-state index >= 15 is 0 Å². The Hall–Kier alpha value is -1.46. The van der Waals surface area contributed by atoms with Crippen LogP contribution in [0.25, 0.3) is 16.5 Å². The first kappa shape index (κ1) is 13.5. The number of H-pyrrole nitrogens is 1. The molecule has 0 unspecified atom stereocenters. The number of aromatic amines is 1. The van der Waals surface area contributed by atoms with Crippen molar-refractivity contribution in [2.75, 3.05) is 0 Å². The van der Waals surface area contributed by atoms with Gasteiger partial charge in [0.15, 0.2) is 4.77 Å². The zero-order valence-electron chi connectivity index (χ0n) is 11.2. The Morgan fingerprint density at radius 2 is 1.85 bits per heavy atom. The van der Waals surface area contributed by atoms with Crippen molar-refractivity contribution in [3.63, 3.8) is 0 Å². The molecule has 5 heteroatoms. The number of fused-ring (bicyclic) bond motifs is 1. The van der Waals surface area contributed by atoms with Crippen molar-refractivity contribution in [2.24, 2.45) is 0 Å². The van der Waals surface area contributed by atoms with Crippen molar-refractivity contribution in [1.29, 1.82) is 0 Å². The van der Waals surface area contributed by atoms with E-state index in [1.165, 1.54) is 5.39 Å². The van der Waals surface area contributed by atoms with Gasteiger partial charge in [-0.15, -0.1) is 0 Å². The number of hydrogen-bond donors (Lipinski definition) is 1. The van der Waals surface area contributed by atoms with Gasteiger partial charge in [-0.3, -0.25) is 9.67 Å². The average molecular weight is 348 g/mol. The largest absolute Gasteiger partial charge is 0.271 e. The molecule has 0 saturated carbocycles. The first-order valence-electron chi connectivity index (χ1n) is 6.44. The number of benzene rings is 2. The van der Waals surface area contributed by atoms with Gasteiger partial charge >= 0.3 is 0 Å². The Bertz CT molecular complexity index is 832. The van der Waals surface area contributed by atoms with Gasteiger partial charge in [-0.2, -0.15) is 5.10 Å².